The van der Waals surface area contributed by atoms with Crippen LogP contribution in [0.4, 0.5) is 18.9 Å². The maximum Gasteiger partial charge on any atom is 0.416 e. The molecule has 2 aromatic carbocycles. The van der Waals surface area contributed by atoms with Crippen LogP contribution in [-0.4, -0.2) is 26.6 Å². The third-order valence-corrected chi connectivity index (χ3v) is 5.24. The maximum absolute atomic E-state index is 12.8. The number of para-hydroxylation sites is 1. The normalized spacial score (nSPS) is 13.0. The smallest absolute Gasteiger partial charge is 0.350 e. The Morgan fingerprint density at radius 1 is 1.11 bits per heavy atom. The van der Waals surface area contributed by atoms with Crippen molar-refractivity contribution in [3.8, 4) is 0 Å². The molecule has 1 N–H and O–H groups in total. The van der Waals surface area contributed by atoms with E-state index in [0.717, 1.165) is 22.7 Å². The third-order valence-electron chi connectivity index (χ3n) is 4.06. The van der Waals surface area contributed by atoms with E-state index in [1.165, 1.54) is 12.1 Å². The van der Waals surface area contributed by atoms with E-state index in [0.29, 0.717) is 5.69 Å². The fraction of sp³-hybridized carbons (Fsp3) is 0.316. The topological polar surface area (TPSA) is 66.5 Å². The van der Waals surface area contributed by atoms with Crippen molar-refractivity contribution in [3.05, 3.63) is 65.7 Å². The van der Waals surface area contributed by atoms with Crippen LogP contribution in [0, 0.1) is 0 Å². The monoisotopic (exact) mass is 414 g/mol. The van der Waals surface area contributed by atoms with Gasteiger partial charge in [0.1, 0.15) is 6.04 Å². The first-order valence-electron chi connectivity index (χ1n) is 8.52. The van der Waals surface area contributed by atoms with Crippen LogP contribution in [0.1, 0.15) is 24.5 Å². The van der Waals surface area contributed by atoms with Gasteiger partial charge in [-0.05, 0) is 36.2 Å². The molecule has 0 aliphatic carbocycles. The minimum Gasteiger partial charge on any atom is -0.350 e. The number of carbonyl (C=O) groups is 1. The number of benzene rings is 2. The quantitative estimate of drug-likeness (QED) is 0.753. The highest BCUT2D eigenvalue weighted by Gasteiger charge is 2.32. The number of nitrogens with zero attached hydrogens (tertiary/aromatic N) is 1. The van der Waals surface area contributed by atoms with Gasteiger partial charge < -0.3 is 5.32 Å². The van der Waals surface area contributed by atoms with Crippen molar-refractivity contribution in [2.45, 2.75) is 32.1 Å². The van der Waals surface area contributed by atoms with Crippen molar-refractivity contribution in [1.29, 1.82) is 0 Å². The molecule has 1 amide bonds. The first kappa shape index (κ1) is 21.7. The molecule has 0 heterocycles. The fourth-order valence-corrected chi connectivity index (χ4v) is 4.01. The van der Waals surface area contributed by atoms with Crippen LogP contribution in [0.2, 0.25) is 0 Å². The Kier molecular flexibility index (Phi) is 6.71. The molecule has 0 saturated carbocycles. The number of hydrogen-bond donors (Lipinski definition) is 1. The van der Waals surface area contributed by atoms with Gasteiger partial charge in [0, 0.05) is 6.54 Å². The van der Waals surface area contributed by atoms with Crippen LogP contribution in [0.3, 0.4) is 0 Å². The Hall–Kier alpha value is -2.55. The van der Waals surface area contributed by atoms with Gasteiger partial charge in [-0.3, -0.25) is 9.10 Å². The summed E-state index contributed by atoms with van der Waals surface area (Å²) in [6.07, 6.45) is -3.29. The van der Waals surface area contributed by atoms with Crippen molar-refractivity contribution in [2.75, 3.05) is 10.6 Å². The number of hydrogen-bond acceptors (Lipinski definition) is 3. The van der Waals surface area contributed by atoms with E-state index in [1.807, 2.05) is 0 Å². The lowest BCUT2D eigenvalue weighted by Gasteiger charge is -2.30. The van der Waals surface area contributed by atoms with Crippen LogP contribution >= 0.6 is 0 Å². The molecule has 0 aliphatic rings. The van der Waals surface area contributed by atoms with Gasteiger partial charge in [-0.2, -0.15) is 13.2 Å². The average molecular weight is 414 g/mol. The number of alkyl halides is 3. The second-order valence-electron chi connectivity index (χ2n) is 6.23. The number of anilines is 1. The molecular formula is C19H21F3N2O3S. The molecule has 28 heavy (non-hydrogen) atoms. The summed E-state index contributed by atoms with van der Waals surface area (Å²) in [6.45, 7) is 1.52. The molecule has 2 aromatic rings. The van der Waals surface area contributed by atoms with E-state index in [-0.39, 0.29) is 18.5 Å². The lowest BCUT2D eigenvalue weighted by atomic mass is 10.1. The molecule has 0 saturated heterocycles. The van der Waals surface area contributed by atoms with Crippen LogP contribution in [-0.2, 0) is 27.5 Å². The van der Waals surface area contributed by atoms with Crippen molar-refractivity contribution in [1.82, 2.24) is 5.32 Å². The third kappa shape index (κ3) is 5.48. The number of halogens is 3. The zero-order chi connectivity index (χ0) is 20.9. The van der Waals surface area contributed by atoms with Gasteiger partial charge in [-0.25, -0.2) is 8.42 Å². The van der Waals surface area contributed by atoms with E-state index >= 15 is 0 Å². The highest BCUT2D eigenvalue weighted by Crippen LogP contribution is 2.29. The lowest BCUT2D eigenvalue weighted by Crippen LogP contribution is -2.49. The maximum atomic E-state index is 12.8. The van der Waals surface area contributed by atoms with E-state index in [2.05, 4.69) is 5.32 Å². The highest BCUT2D eigenvalue weighted by atomic mass is 32.2. The molecule has 0 spiro atoms. The van der Waals surface area contributed by atoms with Crippen LogP contribution < -0.4 is 9.62 Å². The molecule has 2 rings (SSSR count). The fourth-order valence-electron chi connectivity index (χ4n) is 2.80. The first-order valence-corrected chi connectivity index (χ1v) is 10.4. The number of nitrogens with one attached hydrogen (secondary N) is 1. The number of amides is 1. The number of rotatable bonds is 7. The van der Waals surface area contributed by atoms with E-state index < -0.39 is 33.7 Å². The van der Waals surface area contributed by atoms with E-state index in [1.54, 1.807) is 37.3 Å². The molecule has 0 aliphatic heterocycles. The van der Waals surface area contributed by atoms with Crippen molar-refractivity contribution >= 4 is 21.6 Å². The predicted molar refractivity (Wildman–Crippen MR) is 101 cm³/mol. The standard InChI is InChI=1S/C19H21F3N2O3S/c1-3-17(24(28(2,26)27)16-10-5-4-6-11-16)18(25)23-13-14-8-7-9-15(12-14)19(20,21)22/h4-12,17H,3,13H2,1-2H3,(H,23,25)/t17-/m1/s1. The number of carbonyl (C=O) groups excluding carboxylic acids is 1. The molecule has 0 aromatic heterocycles. The second-order valence-corrected chi connectivity index (χ2v) is 8.09. The molecule has 9 heteroatoms. The molecule has 152 valence electrons. The Labute approximate surface area is 162 Å². The van der Waals surface area contributed by atoms with Crippen molar-refractivity contribution in [2.24, 2.45) is 0 Å². The molecule has 5 nitrogen and oxygen atoms in total. The van der Waals surface area contributed by atoms with Gasteiger partial charge >= 0.3 is 6.18 Å². The molecule has 0 radical (unpaired) electrons. The van der Waals surface area contributed by atoms with Crippen LogP contribution in [0.15, 0.2) is 54.6 Å². The van der Waals surface area contributed by atoms with Gasteiger partial charge in [0.25, 0.3) is 0 Å². The summed E-state index contributed by atoms with van der Waals surface area (Å²) in [5.41, 5.74) is -0.206. The zero-order valence-electron chi connectivity index (χ0n) is 15.4. The van der Waals surface area contributed by atoms with Gasteiger partial charge in [-0.1, -0.05) is 37.3 Å². The Morgan fingerprint density at radius 2 is 1.75 bits per heavy atom. The molecule has 0 fully saturated rings. The summed E-state index contributed by atoms with van der Waals surface area (Å²) >= 11 is 0. The molecule has 0 unspecified atom stereocenters. The second kappa shape index (κ2) is 8.64. The largest absolute Gasteiger partial charge is 0.416 e. The zero-order valence-corrected chi connectivity index (χ0v) is 16.2. The summed E-state index contributed by atoms with van der Waals surface area (Å²) in [4.78, 5) is 12.7. The molecule has 1 atom stereocenters. The highest BCUT2D eigenvalue weighted by molar-refractivity contribution is 7.92. The summed E-state index contributed by atoms with van der Waals surface area (Å²) in [5, 5.41) is 2.54. The van der Waals surface area contributed by atoms with Gasteiger partial charge in [-0.15, -0.1) is 0 Å². The molecular weight excluding hydrogens is 393 g/mol. The summed E-state index contributed by atoms with van der Waals surface area (Å²) in [7, 11) is -3.76. The minimum atomic E-state index is -4.48. The van der Waals surface area contributed by atoms with Gasteiger partial charge in [0.05, 0.1) is 17.5 Å². The Bertz CT molecular complexity index is 916. The summed E-state index contributed by atoms with van der Waals surface area (Å²) in [5.74, 6) is -0.589. The van der Waals surface area contributed by atoms with Crippen LogP contribution in [0.5, 0.6) is 0 Å². The Balaban J connectivity index is 2.21. The van der Waals surface area contributed by atoms with Gasteiger partial charge in [0.15, 0.2) is 0 Å². The van der Waals surface area contributed by atoms with Gasteiger partial charge in [0.2, 0.25) is 15.9 Å². The molecule has 0 bridgehead atoms. The summed E-state index contributed by atoms with van der Waals surface area (Å²) in [6, 6.07) is 11.8. The van der Waals surface area contributed by atoms with E-state index in [9.17, 15) is 26.4 Å². The summed E-state index contributed by atoms with van der Waals surface area (Å²) < 4.78 is 64.0. The first-order chi connectivity index (χ1) is 13.0. The minimum absolute atomic E-state index is 0.147. The van der Waals surface area contributed by atoms with Crippen molar-refractivity contribution < 1.29 is 26.4 Å². The number of sulfonamides is 1. The SMILES string of the molecule is CC[C@H](C(=O)NCc1cccc(C(F)(F)F)c1)N(c1ccccc1)S(C)(=O)=O. The lowest BCUT2D eigenvalue weighted by molar-refractivity contribution is -0.137. The average Bonchev–Trinajstić information content (AvgIpc) is 2.63. The van der Waals surface area contributed by atoms with E-state index in [4.69, 9.17) is 0 Å². The van der Waals surface area contributed by atoms with Crippen molar-refractivity contribution in [3.63, 3.8) is 0 Å². The predicted octanol–water partition coefficient (Wildman–Crippen LogP) is 3.57. The Morgan fingerprint density at radius 3 is 2.29 bits per heavy atom. The van der Waals surface area contributed by atoms with Crippen LogP contribution in [0.25, 0.3) is 0 Å².